The summed E-state index contributed by atoms with van der Waals surface area (Å²) in [5, 5.41) is 29.2. The summed E-state index contributed by atoms with van der Waals surface area (Å²) in [6.45, 7) is 2.52. The van der Waals surface area contributed by atoms with E-state index >= 15 is 0 Å². The van der Waals surface area contributed by atoms with Crippen LogP contribution in [0.3, 0.4) is 0 Å². The van der Waals surface area contributed by atoms with Gasteiger partial charge in [0.25, 0.3) is 0 Å². The van der Waals surface area contributed by atoms with Gasteiger partial charge in [0.05, 0.1) is 19.3 Å². The number of rotatable bonds is 2. The molecule has 2 aliphatic carbocycles. The minimum Gasteiger partial charge on any atom is -0.479 e. The number of ether oxygens (including phenoxy) is 1. The van der Waals surface area contributed by atoms with Crippen LogP contribution in [0.2, 0.25) is 0 Å². The standard InChI is InChI=1S/C15H22O5/c1-9(7-16)10-2-4-14-6-12(20-8-14)15(19,13(17)18)5-3-11(10)14/h11-12,16,19H,2-8H2,1H3,(H,17,18). The zero-order chi connectivity index (χ0) is 14.5. The second-order valence-corrected chi connectivity index (χ2v) is 6.65. The van der Waals surface area contributed by atoms with Gasteiger partial charge in [0.15, 0.2) is 5.60 Å². The molecule has 0 aromatic rings. The maximum absolute atomic E-state index is 11.4. The summed E-state index contributed by atoms with van der Waals surface area (Å²) in [7, 11) is 0. The van der Waals surface area contributed by atoms with Crippen LogP contribution in [0.15, 0.2) is 11.1 Å². The smallest absolute Gasteiger partial charge is 0.338 e. The molecule has 3 N–H and O–H groups in total. The summed E-state index contributed by atoms with van der Waals surface area (Å²) >= 11 is 0. The number of aliphatic hydroxyl groups excluding tert-OH is 1. The molecule has 0 aromatic heterocycles. The van der Waals surface area contributed by atoms with Crippen LogP contribution in [0.25, 0.3) is 0 Å². The number of aliphatic carboxylic acids is 1. The van der Waals surface area contributed by atoms with Crippen LogP contribution < -0.4 is 0 Å². The van der Waals surface area contributed by atoms with E-state index in [-0.39, 0.29) is 24.4 Å². The first-order chi connectivity index (χ1) is 9.43. The molecule has 0 aromatic carbocycles. The molecule has 20 heavy (non-hydrogen) atoms. The highest BCUT2D eigenvalue weighted by atomic mass is 16.5. The molecular formula is C15H22O5. The quantitative estimate of drug-likeness (QED) is 0.660. The summed E-state index contributed by atoms with van der Waals surface area (Å²) < 4.78 is 5.68. The van der Waals surface area contributed by atoms with Crippen molar-refractivity contribution >= 4 is 5.97 Å². The van der Waals surface area contributed by atoms with E-state index in [1.807, 2.05) is 6.92 Å². The Bertz CT molecular complexity index is 471. The van der Waals surface area contributed by atoms with E-state index < -0.39 is 17.7 Å². The van der Waals surface area contributed by atoms with Gasteiger partial charge in [-0.3, -0.25) is 0 Å². The van der Waals surface area contributed by atoms with Crippen molar-refractivity contribution in [3.63, 3.8) is 0 Å². The highest BCUT2D eigenvalue weighted by Gasteiger charge is 2.60. The van der Waals surface area contributed by atoms with E-state index in [4.69, 9.17) is 4.74 Å². The minimum absolute atomic E-state index is 0.0314. The zero-order valence-electron chi connectivity index (χ0n) is 11.8. The normalized spacial score (nSPS) is 46.0. The molecule has 4 unspecified atom stereocenters. The van der Waals surface area contributed by atoms with Crippen molar-refractivity contribution in [1.29, 1.82) is 0 Å². The van der Waals surface area contributed by atoms with Crippen molar-refractivity contribution in [1.82, 2.24) is 0 Å². The zero-order valence-corrected chi connectivity index (χ0v) is 11.8. The van der Waals surface area contributed by atoms with Crippen LogP contribution in [0, 0.1) is 11.3 Å². The lowest BCUT2D eigenvalue weighted by Crippen LogP contribution is -2.49. The molecule has 4 atom stereocenters. The lowest BCUT2D eigenvalue weighted by Gasteiger charge is -2.31. The molecule has 1 spiro atoms. The molecule has 5 nitrogen and oxygen atoms in total. The molecule has 0 amide bonds. The first kappa shape index (κ1) is 14.0. The lowest BCUT2D eigenvalue weighted by molar-refractivity contribution is -0.174. The van der Waals surface area contributed by atoms with Crippen molar-refractivity contribution in [2.24, 2.45) is 11.3 Å². The molecule has 1 aliphatic heterocycles. The van der Waals surface area contributed by atoms with Gasteiger partial charge in [0.2, 0.25) is 0 Å². The van der Waals surface area contributed by atoms with Gasteiger partial charge in [-0.1, -0.05) is 5.57 Å². The van der Waals surface area contributed by atoms with Crippen LogP contribution in [0.5, 0.6) is 0 Å². The van der Waals surface area contributed by atoms with Crippen molar-refractivity contribution in [2.45, 2.75) is 50.7 Å². The average molecular weight is 282 g/mol. The topological polar surface area (TPSA) is 87.0 Å². The number of hydrogen-bond donors (Lipinski definition) is 3. The fourth-order valence-corrected chi connectivity index (χ4v) is 4.44. The van der Waals surface area contributed by atoms with E-state index in [0.29, 0.717) is 19.4 Å². The van der Waals surface area contributed by atoms with E-state index in [0.717, 1.165) is 18.4 Å². The van der Waals surface area contributed by atoms with E-state index in [1.165, 1.54) is 5.57 Å². The summed E-state index contributed by atoms with van der Waals surface area (Å²) in [6, 6.07) is 0. The number of carbonyl (C=O) groups is 1. The van der Waals surface area contributed by atoms with Gasteiger partial charge in [-0.2, -0.15) is 0 Å². The fourth-order valence-electron chi connectivity index (χ4n) is 4.44. The number of aliphatic hydroxyl groups is 2. The van der Waals surface area contributed by atoms with Gasteiger partial charge in [-0.25, -0.2) is 4.79 Å². The Balaban J connectivity index is 1.98. The summed E-state index contributed by atoms with van der Waals surface area (Å²) in [5.74, 6) is -0.933. The van der Waals surface area contributed by atoms with Crippen LogP contribution >= 0.6 is 0 Å². The highest BCUT2D eigenvalue weighted by molar-refractivity contribution is 5.78. The van der Waals surface area contributed by atoms with E-state index in [9.17, 15) is 20.1 Å². The van der Waals surface area contributed by atoms with Gasteiger partial charge in [-0.05, 0) is 50.5 Å². The predicted molar refractivity (Wildman–Crippen MR) is 71.1 cm³/mol. The van der Waals surface area contributed by atoms with Crippen LogP contribution in [0.1, 0.15) is 39.0 Å². The molecule has 3 rings (SSSR count). The Morgan fingerprint density at radius 1 is 1.45 bits per heavy atom. The summed E-state index contributed by atoms with van der Waals surface area (Å²) in [4.78, 5) is 11.4. The number of fused-ring (bicyclic) bond motifs is 1. The Labute approximate surface area is 118 Å². The molecule has 1 saturated heterocycles. The molecule has 3 aliphatic rings. The van der Waals surface area contributed by atoms with Crippen molar-refractivity contribution < 1.29 is 24.9 Å². The first-order valence-corrected chi connectivity index (χ1v) is 7.30. The van der Waals surface area contributed by atoms with Gasteiger partial charge in [-0.15, -0.1) is 0 Å². The Hall–Kier alpha value is -0.910. The van der Waals surface area contributed by atoms with Gasteiger partial charge in [0, 0.05) is 5.41 Å². The SMILES string of the molecule is CC(CO)=C1CCC23COC(C2)C(O)(C(=O)O)CCC13. The van der Waals surface area contributed by atoms with Gasteiger partial charge >= 0.3 is 5.97 Å². The third-order valence-corrected chi connectivity index (χ3v) is 5.72. The third kappa shape index (κ3) is 1.76. The molecule has 1 heterocycles. The number of carboxylic acids is 1. The molecule has 2 saturated carbocycles. The van der Waals surface area contributed by atoms with Crippen molar-refractivity contribution in [3.05, 3.63) is 11.1 Å². The van der Waals surface area contributed by atoms with Crippen LogP contribution in [-0.4, -0.2) is 46.2 Å². The lowest BCUT2D eigenvalue weighted by atomic mass is 9.74. The van der Waals surface area contributed by atoms with Crippen LogP contribution in [-0.2, 0) is 9.53 Å². The Kier molecular flexibility index (Phi) is 3.19. The van der Waals surface area contributed by atoms with Crippen LogP contribution in [0.4, 0.5) is 0 Å². The monoisotopic (exact) mass is 282 g/mol. The van der Waals surface area contributed by atoms with Crippen molar-refractivity contribution in [2.75, 3.05) is 13.2 Å². The van der Waals surface area contributed by atoms with E-state index in [1.54, 1.807) is 0 Å². The fraction of sp³-hybridized carbons (Fsp3) is 0.800. The van der Waals surface area contributed by atoms with Crippen molar-refractivity contribution in [3.8, 4) is 0 Å². The third-order valence-electron chi connectivity index (χ3n) is 5.72. The summed E-state index contributed by atoms with van der Waals surface area (Å²) in [6.07, 6.45) is 2.83. The molecule has 2 bridgehead atoms. The molecule has 5 heteroatoms. The van der Waals surface area contributed by atoms with E-state index in [2.05, 4.69) is 0 Å². The Morgan fingerprint density at radius 3 is 2.85 bits per heavy atom. The second-order valence-electron chi connectivity index (χ2n) is 6.65. The van der Waals surface area contributed by atoms with Gasteiger partial charge < -0.3 is 20.1 Å². The first-order valence-electron chi connectivity index (χ1n) is 7.30. The minimum atomic E-state index is -1.76. The maximum Gasteiger partial charge on any atom is 0.338 e. The average Bonchev–Trinajstić information content (AvgIpc) is 2.97. The molecule has 112 valence electrons. The largest absolute Gasteiger partial charge is 0.479 e. The number of carboxylic acid groups (broad SMARTS) is 1. The number of hydrogen-bond acceptors (Lipinski definition) is 4. The Morgan fingerprint density at radius 2 is 2.20 bits per heavy atom. The predicted octanol–water partition coefficient (Wildman–Crippen LogP) is 1.09. The maximum atomic E-state index is 11.4. The van der Waals surface area contributed by atoms with Gasteiger partial charge in [0.1, 0.15) is 0 Å². The molecule has 3 fully saturated rings. The molecular weight excluding hydrogens is 260 g/mol. The second kappa shape index (κ2) is 4.55. The number of allylic oxidation sites excluding steroid dienone is 1. The highest BCUT2D eigenvalue weighted by Crippen LogP contribution is 2.59. The summed E-state index contributed by atoms with van der Waals surface area (Å²) in [5.41, 5.74) is 0.463. The molecule has 0 radical (unpaired) electrons.